The van der Waals surface area contributed by atoms with E-state index in [2.05, 4.69) is 27.7 Å². The van der Waals surface area contributed by atoms with Crippen molar-refractivity contribution in [1.82, 2.24) is 0 Å². The van der Waals surface area contributed by atoms with Crippen LogP contribution >= 0.6 is 0 Å². The van der Waals surface area contributed by atoms with Crippen LogP contribution in [0.1, 0.15) is 143 Å². The van der Waals surface area contributed by atoms with Crippen molar-refractivity contribution in [2.75, 3.05) is 0 Å². The first-order valence-electron chi connectivity index (χ1n) is 11.8. The molecule has 0 bridgehead atoms. The predicted molar refractivity (Wildman–Crippen MR) is 113 cm³/mol. The maximum absolute atomic E-state index is 2.36. The number of hydrogen-bond donors (Lipinski definition) is 0. The van der Waals surface area contributed by atoms with Gasteiger partial charge in [0.15, 0.2) is 0 Å². The van der Waals surface area contributed by atoms with Gasteiger partial charge in [-0.25, -0.2) is 0 Å². The van der Waals surface area contributed by atoms with Gasteiger partial charge in [-0.1, -0.05) is 137 Å². The Labute approximate surface area is 155 Å². The van der Waals surface area contributed by atoms with Crippen LogP contribution < -0.4 is 0 Å². The predicted octanol–water partition coefficient (Wildman–Crippen LogP) is 9.32. The molecule has 2 unspecified atom stereocenters. The van der Waals surface area contributed by atoms with E-state index in [-0.39, 0.29) is 0 Å². The third-order valence-electron chi connectivity index (χ3n) is 5.78. The molecule has 0 nitrogen and oxygen atoms in total. The molecule has 0 spiro atoms. The molecule has 0 aromatic carbocycles. The van der Waals surface area contributed by atoms with Crippen LogP contribution in [0.15, 0.2) is 0 Å². The van der Waals surface area contributed by atoms with Gasteiger partial charge in [-0.05, 0) is 18.3 Å². The van der Waals surface area contributed by atoms with Crippen molar-refractivity contribution in [2.45, 2.75) is 143 Å². The zero-order valence-corrected chi connectivity index (χ0v) is 17.9. The highest BCUT2D eigenvalue weighted by molar-refractivity contribution is 4.68. The minimum atomic E-state index is 1.03. The van der Waals surface area contributed by atoms with Crippen molar-refractivity contribution >= 4 is 0 Å². The number of hydrogen-bond acceptors (Lipinski definition) is 0. The molecule has 146 valence electrons. The van der Waals surface area contributed by atoms with Crippen molar-refractivity contribution in [3.63, 3.8) is 0 Å². The fourth-order valence-corrected chi connectivity index (χ4v) is 4.11. The normalized spacial score (nSPS) is 14.0. The Kier molecular flexibility index (Phi) is 19.3. The lowest BCUT2D eigenvalue weighted by molar-refractivity contribution is 0.286. The fourth-order valence-electron chi connectivity index (χ4n) is 4.11. The Bertz CT molecular complexity index is 220. The van der Waals surface area contributed by atoms with Crippen LogP contribution in [0.25, 0.3) is 0 Å². The van der Waals surface area contributed by atoms with Gasteiger partial charge in [-0.2, -0.15) is 0 Å². The molecule has 0 heterocycles. The molecule has 0 aromatic heterocycles. The minimum absolute atomic E-state index is 1.03. The van der Waals surface area contributed by atoms with Gasteiger partial charge in [-0.3, -0.25) is 0 Å². The zero-order valence-electron chi connectivity index (χ0n) is 17.9. The molecule has 0 N–H and O–H groups in total. The number of unbranched alkanes of at least 4 members (excludes halogenated alkanes) is 9. The Morgan fingerprint density at radius 3 is 1.21 bits per heavy atom. The highest BCUT2D eigenvalue weighted by atomic mass is 14.2. The molecule has 0 heteroatoms. The monoisotopic (exact) mass is 338 g/mol. The average molecular weight is 339 g/mol. The second-order valence-corrected chi connectivity index (χ2v) is 8.30. The smallest absolute Gasteiger partial charge is 0.0412 e. The van der Waals surface area contributed by atoms with Crippen LogP contribution in [0.4, 0.5) is 0 Å². The average Bonchev–Trinajstić information content (AvgIpc) is 2.60. The van der Waals surface area contributed by atoms with Gasteiger partial charge in [0.2, 0.25) is 0 Å². The summed E-state index contributed by atoms with van der Waals surface area (Å²) in [6.45, 7) is 9.37. The third kappa shape index (κ3) is 15.5. The first-order valence-corrected chi connectivity index (χ1v) is 11.8. The molecule has 24 heavy (non-hydrogen) atoms. The molecule has 0 fully saturated rings. The first kappa shape index (κ1) is 24.0. The summed E-state index contributed by atoms with van der Waals surface area (Å²) in [4.78, 5) is 0. The second kappa shape index (κ2) is 19.3. The Morgan fingerprint density at radius 1 is 0.375 bits per heavy atom. The molecular formula is C24H50. The summed E-state index contributed by atoms with van der Waals surface area (Å²) < 4.78 is 0. The van der Waals surface area contributed by atoms with Gasteiger partial charge in [0.1, 0.15) is 0 Å². The first-order chi connectivity index (χ1) is 11.8. The Balaban J connectivity index is 4.18. The van der Waals surface area contributed by atoms with Gasteiger partial charge in [0.05, 0.1) is 0 Å². The molecule has 0 aromatic rings. The topological polar surface area (TPSA) is 0 Å². The van der Waals surface area contributed by atoms with Crippen molar-refractivity contribution in [3.8, 4) is 0 Å². The van der Waals surface area contributed by atoms with E-state index in [4.69, 9.17) is 0 Å². The van der Waals surface area contributed by atoms with E-state index in [9.17, 15) is 0 Å². The second-order valence-electron chi connectivity index (χ2n) is 8.30. The molecular weight excluding hydrogens is 288 g/mol. The van der Waals surface area contributed by atoms with Crippen molar-refractivity contribution in [1.29, 1.82) is 0 Å². The van der Waals surface area contributed by atoms with Gasteiger partial charge < -0.3 is 0 Å². The van der Waals surface area contributed by atoms with Crippen LogP contribution in [0.2, 0.25) is 0 Å². The zero-order chi connectivity index (χ0) is 17.9. The lowest BCUT2D eigenvalue weighted by atomic mass is 9.82. The summed E-state index contributed by atoms with van der Waals surface area (Å²) in [6, 6.07) is 0. The van der Waals surface area contributed by atoms with Crippen LogP contribution in [-0.2, 0) is 0 Å². The van der Waals surface area contributed by atoms with E-state index in [1.54, 1.807) is 6.42 Å². The largest absolute Gasteiger partial charge is 0.0654 e. The lowest BCUT2D eigenvalue weighted by Gasteiger charge is -2.24. The van der Waals surface area contributed by atoms with E-state index in [0.717, 1.165) is 11.8 Å². The molecule has 0 rings (SSSR count). The summed E-state index contributed by atoms with van der Waals surface area (Å²) in [5.74, 6) is 2.05. The summed E-state index contributed by atoms with van der Waals surface area (Å²) >= 11 is 0. The molecule has 0 aliphatic heterocycles. The van der Waals surface area contributed by atoms with E-state index < -0.39 is 0 Å². The van der Waals surface area contributed by atoms with Gasteiger partial charge >= 0.3 is 0 Å². The molecule has 0 saturated heterocycles. The summed E-state index contributed by atoms with van der Waals surface area (Å²) in [7, 11) is 0. The summed E-state index contributed by atoms with van der Waals surface area (Å²) in [5.41, 5.74) is 0. The van der Waals surface area contributed by atoms with Gasteiger partial charge in [-0.15, -0.1) is 0 Å². The van der Waals surface area contributed by atoms with Crippen molar-refractivity contribution in [3.05, 3.63) is 0 Å². The third-order valence-corrected chi connectivity index (χ3v) is 5.78. The van der Waals surface area contributed by atoms with Crippen LogP contribution in [-0.4, -0.2) is 0 Å². The lowest BCUT2D eigenvalue weighted by Crippen LogP contribution is -2.10. The van der Waals surface area contributed by atoms with Gasteiger partial charge in [0.25, 0.3) is 0 Å². The molecule has 0 radical (unpaired) electrons. The maximum Gasteiger partial charge on any atom is -0.0412 e. The standard InChI is InChI=1S/C24H50/c1-5-9-13-14-15-17-21-24(19-12-8-4)22-23(18-11-7-3)20-16-10-6-2/h23-24H,5-22H2,1-4H3. The molecule has 2 atom stereocenters. The Morgan fingerprint density at radius 2 is 0.708 bits per heavy atom. The molecule has 0 aliphatic rings. The molecule has 0 amide bonds. The van der Waals surface area contributed by atoms with E-state index >= 15 is 0 Å². The van der Waals surface area contributed by atoms with Crippen LogP contribution in [0, 0.1) is 11.8 Å². The van der Waals surface area contributed by atoms with E-state index in [1.807, 2.05) is 0 Å². The van der Waals surface area contributed by atoms with Gasteiger partial charge in [0, 0.05) is 0 Å². The van der Waals surface area contributed by atoms with Crippen LogP contribution in [0.5, 0.6) is 0 Å². The molecule has 0 saturated carbocycles. The number of rotatable bonds is 19. The highest BCUT2D eigenvalue weighted by Gasteiger charge is 2.16. The summed E-state index contributed by atoms with van der Waals surface area (Å²) in [5, 5.41) is 0. The summed E-state index contributed by atoms with van der Waals surface area (Å²) in [6.07, 6.45) is 26.2. The minimum Gasteiger partial charge on any atom is -0.0654 e. The van der Waals surface area contributed by atoms with E-state index in [1.165, 1.54) is 109 Å². The maximum atomic E-state index is 2.36. The Hall–Kier alpha value is 0. The van der Waals surface area contributed by atoms with E-state index in [0.29, 0.717) is 0 Å². The quantitative estimate of drug-likeness (QED) is 0.206. The van der Waals surface area contributed by atoms with Crippen molar-refractivity contribution < 1.29 is 0 Å². The fraction of sp³-hybridized carbons (Fsp3) is 1.00. The van der Waals surface area contributed by atoms with Crippen LogP contribution in [0.3, 0.4) is 0 Å². The molecule has 0 aliphatic carbocycles. The van der Waals surface area contributed by atoms with Crippen molar-refractivity contribution in [2.24, 2.45) is 11.8 Å². The SMILES string of the molecule is CCCCCCCCC(CCCC)CC(CCCC)CCCCC. The highest BCUT2D eigenvalue weighted by Crippen LogP contribution is 2.30.